The predicted octanol–water partition coefficient (Wildman–Crippen LogP) is 2.60. The van der Waals surface area contributed by atoms with Gasteiger partial charge in [-0.05, 0) is 40.2 Å². The second-order valence-electron chi connectivity index (χ2n) is 5.63. The van der Waals surface area contributed by atoms with E-state index in [0.29, 0.717) is 5.02 Å². The van der Waals surface area contributed by atoms with Crippen LogP contribution in [-0.4, -0.2) is 23.3 Å². The summed E-state index contributed by atoms with van der Waals surface area (Å²) in [5.74, 6) is 0. The predicted molar refractivity (Wildman–Crippen MR) is 74.3 cm³/mol. The summed E-state index contributed by atoms with van der Waals surface area (Å²) in [6.07, 6.45) is 2.49. The molecule has 1 aliphatic heterocycles. The molecular weight excluding hydrogens is 248 g/mol. The van der Waals surface area contributed by atoms with Crippen molar-refractivity contribution in [3.63, 3.8) is 0 Å². The van der Waals surface area contributed by atoms with Gasteiger partial charge in [-0.2, -0.15) is 0 Å². The maximum absolute atomic E-state index is 6.03. The topological polar surface area (TPSA) is 31.4 Å². The first-order chi connectivity index (χ1) is 8.27. The summed E-state index contributed by atoms with van der Waals surface area (Å²) < 4.78 is 12.1. The zero-order valence-corrected chi connectivity index (χ0v) is 12.3. The van der Waals surface area contributed by atoms with E-state index in [1.165, 1.54) is 0 Å². The van der Waals surface area contributed by atoms with E-state index in [9.17, 15) is 0 Å². The third kappa shape index (κ3) is 2.29. The minimum atomic E-state index is -0.392. The molecule has 5 heteroatoms. The molecule has 18 heavy (non-hydrogen) atoms. The Morgan fingerprint density at radius 3 is 2.28 bits per heavy atom. The lowest BCUT2D eigenvalue weighted by Gasteiger charge is -2.32. The van der Waals surface area contributed by atoms with Crippen LogP contribution in [0.25, 0.3) is 0 Å². The third-order valence-electron chi connectivity index (χ3n) is 3.81. The molecule has 0 amide bonds. The van der Waals surface area contributed by atoms with Gasteiger partial charge < -0.3 is 9.31 Å². The van der Waals surface area contributed by atoms with Crippen LogP contribution in [0, 0.1) is 0 Å². The lowest BCUT2D eigenvalue weighted by molar-refractivity contribution is 0.00578. The Morgan fingerprint density at radius 1 is 1.22 bits per heavy atom. The van der Waals surface area contributed by atoms with Gasteiger partial charge in [0, 0.05) is 17.4 Å². The molecule has 0 saturated carbocycles. The van der Waals surface area contributed by atoms with E-state index < -0.39 is 7.12 Å². The van der Waals surface area contributed by atoms with Crippen LogP contribution in [0.4, 0.5) is 0 Å². The molecule has 1 saturated heterocycles. The molecule has 0 aliphatic carbocycles. The second kappa shape index (κ2) is 4.51. The Hall–Kier alpha value is -0.575. The smallest absolute Gasteiger partial charge is 0.399 e. The summed E-state index contributed by atoms with van der Waals surface area (Å²) in [4.78, 5) is 4.34. The van der Waals surface area contributed by atoms with Crippen molar-refractivity contribution in [2.45, 2.75) is 52.2 Å². The molecule has 3 nitrogen and oxygen atoms in total. The summed E-state index contributed by atoms with van der Waals surface area (Å²) in [5.41, 5.74) is 1.22. The first-order valence-electron chi connectivity index (χ1n) is 6.27. The average molecular weight is 268 g/mol. The Morgan fingerprint density at radius 2 is 1.78 bits per heavy atom. The van der Waals surface area contributed by atoms with Crippen LogP contribution in [0.2, 0.25) is 5.02 Å². The van der Waals surface area contributed by atoms with Crippen LogP contribution in [0.3, 0.4) is 0 Å². The van der Waals surface area contributed by atoms with E-state index in [1.54, 1.807) is 6.20 Å². The van der Waals surface area contributed by atoms with Crippen molar-refractivity contribution in [3.8, 4) is 0 Å². The van der Waals surface area contributed by atoms with E-state index in [0.717, 1.165) is 17.6 Å². The highest BCUT2D eigenvalue weighted by Gasteiger charge is 2.52. The van der Waals surface area contributed by atoms with Gasteiger partial charge in [-0.1, -0.05) is 18.5 Å². The zero-order valence-electron chi connectivity index (χ0n) is 11.6. The number of nitrogens with zero attached hydrogens (tertiary/aromatic N) is 1. The molecule has 0 radical (unpaired) electrons. The van der Waals surface area contributed by atoms with Crippen molar-refractivity contribution in [2.24, 2.45) is 0 Å². The van der Waals surface area contributed by atoms with Gasteiger partial charge in [0.15, 0.2) is 0 Å². The number of hydrogen-bond donors (Lipinski definition) is 0. The van der Waals surface area contributed by atoms with Gasteiger partial charge in [-0.15, -0.1) is 0 Å². The second-order valence-corrected chi connectivity index (χ2v) is 6.07. The van der Waals surface area contributed by atoms with Crippen LogP contribution in [0.15, 0.2) is 12.3 Å². The van der Waals surface area contributed by atoms with Crippen molar-refractivity contribution in [3.05, 3.63) is 23.0 Å². The quantitative estimate of drug-likeness (QED) is 0.772. The van der Waals surface area contributed by atoms with E-state index in [4.69, 9.17) is 20.9 Å². The zero-order chi connectivity index (χ0) is 13.6. The molecule has 1 aromatic heterocycles. The summed E-state index contributed by atoms with van der Waals surface area (Å²) in [5, 5.41) is 0.608. The highest BCUT2D eigenvalue weighted by molar-refractivity contribution is 6.62. The average Bonchev–Trinajstić information content (AvgIpc) is 2.48. The fraction of sp³-hybridized carbons (Fsp3) is 0.615. The molecule has 0 N–H and O–H groups in total. The van der Waals surface area contributed by atoms with Gasteiger partial charge in [0.05, 0.1) is 16.2 Å². The highest BCUT2D eigenvalue weighted by atomic mass is 35.5. The molecule has 0 aromatic carbocycles. The molecule has 1 fully saturated rings. The number of aromatic nitrogens is 1. The Labute approximate surface area is 114 Å². The van der Waals surface area contributed by atoms with Gasteiger partial charge >= 0.3 is 7.12 Å². The fourth-order valence-corrected chi connectivity index (χ4v) is 2.12. The summed E-state index contributed by atoms with van der Waals surface area (Å²) in [7, 11) is -0.392. The standard InChI is InChI=1S/C13H19BClNO2/c1-6-11-10(7-9(15)8-16-11)14-17-12(2,3)13(4,5)18-14/h7-8H,6H2,1-5H3. The number of pyridine rings is 1. The lowest BCUT2D eigenvalue weighted by atomic mass is 9.77. The molecule has 1 aliphatic rings. The molecule has 0 atom stereocenters. The molecule has 0 spiro atoms. The van der Waals surface area contributed by atoms with Crippen LogP contribution in [-0.2, 0) is 15.7 Å². The minimum Gasteiger partial charge on any atom is -0.399 e. The molecule has 0 unspecified atom stereocenters. The molecule has 1 aromatic rings. The summed E-state index contributed by atoms with van der Waals surface area (Å²) in [6.45, 7) is 10.2. The van der Waals surface area contributed by atoms with E-state index >= 15 is 0 Å². The Bertz CT molecular complexity index is 446. The first kappa shape index (κ1) is 13.8. The number of rotatable bonds is 2. The summed E-state index contributed by atoms with van der Waals surface area (Å²) >= 11 is 6.02. The third-order valence-corrected chi connectivity index (χ3v) is 4.02. The first-order valence-corrected chi connectivity index (χ1v) is 6.64. The van der Waals surface area contributed by atoms with Crippen molar-refractivity contribution >= 4 is 24.2 Å². The maximum atomic E-state index is 6.03. The molecule has 2 rings (SSSR count). The van der Waals surface area contributed by atoms with Crippen molar-refractivity contribution in [2.75, 3.05) is 0 Å². The molecular formula is C13H19BClNO2. The van der Waals surface area contributed by atoms with Gasteiger partial charge in [0.1, 0.15) is 0 Å². The Balaban J connectivity index is 2.37. The fourth-order valence-electron chi connectivity index (χ4n) is 1.95. The highest BCUT2D eigenvalue weighted by Crippen LogP contribution is 2.36. The monoisotopic (exact) mass is 267 g/mol. The van der Waals surface area contributed by atoms with Crippen LogP contribution in [0.1, 0.15) is 40.3 Å². The van der Waals surface area contributed by atoms with Crippen molar-refractivity contribution in [1.29, 1.82) is 0 Å². The number of halogens is 1. The normalized spacial score (nSPS) is 21.3. The van der Waals surface area contributed by atoms with Crippen LogP contribution in [0.5, 0.6) is 0 Å². The number of hydrogen-bond acceptors (Lipinski definition) is 3. The van der Waals surface area contributed by atoms with Gasteiger partial charge in [-0.25, -0.2) is 0 Å². The van der Waals surface area contributed by atoms with E-state index in [1.807, 2.05) is 33.8 Å². The molecule has 98 valence electrons. The maximum Gasteiger partial charge on any atom is 0.496 e. The van der Waals surface area contributed by atoms with Gasteiger partial charge in [0.25, 0.3) is 0 Å². The molecule has 0 bridgehead atoms. The van der Waals surface area contributed by atoms with E-state index in [-0.39, 0.29) is 11.2 Å². The van der Waals surface area contributed by atoms with Crippen molar-refractivity contribution in [1.82, 2.24) is 4.98 Å². The van der Waals surface area contributed by atoms with Gasteiger partial charge in [0.2, 0.25) is 0 Å². The van der Waals surface area contributed by atoms with E-state index in [2.05, 4.69) is 11.9 Å². The summed E-state index contributed by atoms with van der Waals surface area (Å²) in [6, 6.07) is 1.88. The SMILES string of the molecule is CCc1ncc(Cl)cc1B1OC(C)(C)C(C)(C)O1. The lowest BCUT2D eigenvalue weighted by Crippen LogP contribution is -2.41. The van der Waals surface area contributed by atoms with Gasteiger partial charge in [-0.3, -0.25) is 4.98 Å². The minimum absolute atomic E-state index is 0.342. The van der Waals surface area contributed by atoms with Crippen LogP contribution >= 0.6 is 11.6 Å². The van der Waals surface area contributed by atoms with Crippen molar-refractivity contribution < 1.29 is 9.31 Å². The molecule has 2 heterocycles. The van der Waals surface area contributed by atoms with Crippen LogP contribution < -0.4 is 5.46 Å². The Kier molecular flexibility index (Phi) is 3.47. The number of aryl methyl sites for hydroxylation is 1. The largest absolute Gasteiger partial charge is 0.496 e.